The third-order valence-electron chi connectivity index (χ3n) is 5.41. The predicted octanol–water partition coefficient (Wildman–Crippen LogP) is 2.72. The van der Waals surface area contributed by atoms with Gasteiger partial charge in [-0.25, -0.2) is 14.9 Å². The molecule has 3 N–H and O–H groups in total. The zero-order valence-corrected chi connectivity index (χ0v) is 19.1. The number of amides is 2. The second-order valence-electron chi connectivity index (χ2n) is 8.71. The van der Waals surface area contributed by atoms with E-state index in [1.165, 1.54) is 5.56 Å². The third-order valence-corrected chi connectivity index (χ3v) is 5.88. The molecule has 1 fully saturated rings. The zero-order chi connectivity index (χ0) is 22.8. The van der Waals surface area contributed by atoms with E-state index in [0.29, 0.717) is 13.0 Å². The fraction of sp³-hybridized carbons (Fsp3) is 0.409. The van der Waals surface area contributed by atoms with Crippen LogP contribution in [0.3, 0.4) is 0 Å². The summed E-state index contributed by atoms with van der Waals surface area (Å²) in [6.45, 7) is 7.02. The number of hydrazine groups is 1. The van der Waals surface area contributed by atoms with Crippen LogP contribution in [0.25, 0.3) is 0 Å². The minimum absolute atomic E-state index is 0.0132. The Bertz CT molecular complexity index is 1010. The van der Waals surface area contributed by atoms with Gasteiger partial charge in [-0.1, -0.05) is 57.2 Å². The van der Waals surface area contributed by atoms with Gasteiger partial charge in [0.1, 0.15) is 5.75 Å². The SMILES string of the molecule is COc1ccc(CCN2C(=O)N(NS(N)(=O)=O)CC2c2ccc(C(C)(C)C)cc2)cc1. The van der Waals surface area contributed by atoms with E-state index in [1.807, 2.05) is 36.4 Å². The number of carbonyl (C=O) groups is 1. The number of benzene rings is 2. The molecule has 0 bridgehead atoms. The summed E-state index contributed by atoms with van der Waals surface area (Å²) in [7, 11) is -2.44. The number of nitrogens with two attached hydrogens (primary N) is 1. The maximum atomic E-state index is 13.0. The number of methoxy groups -OCH3 is 1. The van der Waals surface area contributed by atoms with Crippen molar-refractivity contribution in [1.29, 1.82) is 0 Å². The summed E-state index contributed by atoms with van der Waals surface area (Å²) < 4.78 is 28.2. The lowest BCUT2D eigenvalue weighted by atomic mass is 9.86. The molecule has 0 saturated carbocycles. The van der Waals surface area contributed by atoms with Crippen molar-refractivity contribution in [2.75, 3.05) is 20.2 Å². The average Bonchev–Trinajstić information content (AvgIpc) is 3.00. The molecule has 1 aliphatic heterocycles. The summed E-state index contributed by atoms with van der Waals surface area (Å²) >= 11 is 0. The van der Waals surface area contributed by atoms with Gasteiger partial charge in [-0.05, 0) is 40.7 Å². The lowest BCUT2D eigenvalue weighted by Gasteiger charge is -2.25. The van der Waals surface area contributed by atoms with Crippen LogP contribution in [0.4, 0.5) is 4.79 Å². The minimum Gasteiger partial charge on any atom is -0.497 e. The maximum Gasteiger partial charge on any atom is 0.335 e. The molecule has 1 aliphatic rings. The van der Waals surface area contributed by atoms with E-state index in [0.717, 1.165) is 21.9 Å². The summed E-state index contributed by atoms with van der Waals surface area (Å²) in [6, 6.07) is 15.0. The molecule has 1 saturated heterocycles. The van der Waals surface area contributed by atoms with Gasteiger partial charge in [0.25, 0.3) is 10.2 Å². The molecule has 3 rings (SSSR count). The van der Waals surface area contributed by atoms with Crippen LogP contribution in [-0.4, -0.2) is 44.6 Å². The highest BCUT2D eigenvalue weighted by Crippen LogP contribution is 2.31. The molecule has 0 aromatic heterocycles. The van der Waals surface area contributed by atoms with E-state index >= 15 is 0 Å². The molecule has 168 valence electrons. The number of urea groups is 1. The fourth-order valence-corrected chi connectivity index (χ4v) is 4.11. The van der Waals surface area contributed by atoms with Crippen molar-refractivity contribution in [3.8, 4) is 5.75 Å². The third kappa shape index (κ3) is 5.75. The topological polar surface area (TPSA) is 105 Å². The minimum atomic E-state index is -4.06. The number of nitrogens with one attached hydrogen (secondary N) is 1. The Hall–Kier alpha value is -2.62. The smallest absolute Gasteiger partial charge is 0.335 e. The maximum absolute atomic E-state index is 13.0. The summed E-state index contributed by atoms with van der Waals surface area (Å²) in [5.74, 6) is 0.765. The number of carbonyl (C=O) groups excluding carboxylic acids is 1. The summed E-state index contributed by atoms with van der Waals surface area (Å²) in [4.78, 5) is 16.8. The van der Waals surface area contributed by atoms with Crippen molar-refractivity contribution >= 4 is 16.2 Å². The molecule has 0 aliphatic carbocycles. The van der Waals surface area contributed by atoms with Crippen LogP contribution in [0.15, 0.2) is 48.5 Å². The van der Waals surface area contributed by atoms with Gasteiger partial charge < -0.3 is 9.64 Å². The van der Waals surface area contributed by atoms with Gasteiger partial charge >= 0.3 is 6.03 Å². The molecule has 31 heavy (non-hydrogen) atoms. The highest BCUT2D eigenvalue weighted by atomic mass is 32.2. The first kappa shape index (κ1) is 23.1. The van der Waals surface area contributed by atoms with Crippen molar-refractivity contribution in [2.45, 2.75) is 38.6 Å². The van der Waals surface area contributed by atoms with Gasteiger partial charge in [-0.3, -0.25) is 0 Å². The van der Waals surface area contributed by atoms with Crippen molar-refractivity contribution in [3.63, 3.8) is 0 Å². The summed E-state index contributed by atoms with van der Waals surface area (Å²) in [5, 5.41) is 6.17. The molecule has 0 spiro atoms. The Morgan fingerprint density at radius 1 is 1.10 bits per heavy atom. The van der Waals surface area contributed by atoms with Crippen LogP contribution >= 0.6 is 0 Å². The highest BCUT2D eigenvalue weighted by Gasteiger charge is 2.39. The van der Waals surface area contributed by atoms with Gasteiger partial charge in [-0.15, -0.1) is 4.83 Å². The summed E-state index contributed by atoms with van der Waals surface area (Å²) in [5.41, 5.74) is 3.19. The number of nitrogens with zero attached hydrogens (tertiary/aromatic N) is 2. The first-order valence-corrected chi connectivity index (χ1v) is 11.6. The van der Waals surface area contributed by atoms with E-state index in [1.54, 1.807) is 12.0 Å². The van der Waals surface area contributed by atoms with E-state index in [9.17, 15) is 13.2 Å². The van der Waals surface area contributed by atoms with Gasteiger partial charge in [0.2, 0.25) is 0 Å². The lowest BCUT2D eigenvalue weighted by molar-refractivity contribution is 0.182. The Morgan fingerprint density at radius 2 is 1.71 bits per heavy atom. The summed E-state index contributed by atoms with van der Waals surface area (Å²) in [6.07, 6.45) is 0.621. The van der Waals surface area contributed by atoms with Crippen LogP contribution in [0.5, 0.6) is 5.75 Å². The Balaban J connectivity index is 1.83. The average molecular weight is 447 g/mol. The van der Waals surface area contributed by atoms with Crippen LogP contribution in [0.2, 0.25) is 0 Å². The second kappa shape index (κ2) is 8.86. The van der Waals surface area contributed by atoms with Crippen LogP contribution < -0.4 is 14.7 Å². The molecular weight excluding hydrogens is 416 g/mol. The molecule has 9 heteroatoms. The lowest BCUT2D eigenvalue weighted by Crippen LogP contribution is -2.47. The molecule has 1 heterocycles. The Morgan fingerprint density at radius 3 is 2.23 bits per heavy atom. The highest BCUT2D eigenvalue weighted by molar-refractivity contribution is 7.87. The van der Waals surface area contributed by atoms with E-state index in [2.05, 4.69) is 37.7 Å². The van der Waals surface area contributed by atoms with Gasteiger partial charge in [0, 0.05) is 6.54 Å². The van der Waals surface area contributed by atoms with Crippen molar-refractivity contribution < 1.29 is 17.9 Å². The predicted molar refractivity (Wildman–Crippen MR) is 120 cm³/mol. The Kier molecular flexibility index (Phi) is 6.59. The van der Waals surface area contributed by atoms with E-state index < -0.39 is 16.2 Å². The van der Waals surface area contributed by atoms with Crippen LogP contribution in [0.1, 0.15) is 43.5 Å². The molecule has 1 unspecified atom stereocenters. The Labute approximate surface area is 184 Å². The van der Waals surface area contributed by atoms with E-state index in [4.69, 9.17) is 9.88 Å². The number of rotatable bonds is 7. The molecule has 1 atom stereocenters. The van der Waals surface area contributed by atoms with Gasteiger partial charge in [-0.2, -0.15) is 8.42 Å². The standard InChI is InChI=1S/C22H30N4O4S/c1-22(2,3)18-9-7-17(8-10-18)20-15-26(24-31(23,28)29)21(27)25(20)14-13-16-5-11-19(30-4)12-6-16/h5-12,20,24H,13-15H2,1-4H3,(H2,23,28,29). The van der Waals surface area contributed by atoms with Crippen LogP contribution in [0, 0.1) is 0 Å². The number of hydrogen-bond acceptors (Lipinski definition) is 4. The number of ether oxygens (including phenoxy) is 1. The first-order valence-electron chi connectivity index (χ1n) is 10.1. The largest absolute Gasteiger partial charge is 0.497 e. The molecular formula is C22H30N4O4S. The molecule has 2 aromatic carbocycles. The van der Waals surface area contributed by atoms with E-state index in [-0.39, 0.29) is 18.0 Å². The fourth-order valence-electron chi connectivity index (χ4n) is 3.65. The zero-order valence-electron chi connectivity index (χ0n) is 18.3. The molecule has 8 nitrogen and oxygen atoms in total. The molecule has 2 amide bonds. The number of hydrogen-bond donors (Lipinski definition) is 2. The van der Waals surface area contributed by atoms with Crippen molar-refractivity contribution in [2.24, 2.45) is 5.14 Å². The van der Waals surface area contributed by atoms with Gasteiger partial charge in [0.15, 0.2) is 0 Å². The normalized spacial score (nSPS) is 17.3. The molecule has 2 aromatic rings. The second-order valence-corrected chi connectivity index (χ2v) is 9.98. The first-order chi connectivity index (χ1) is 14.5. The molecule has 0 radical (unpaired) electrons. The quantitative estimate of drug-likeness (QED) is 0.682. The van der Waals surface area contributed by atoms with Crippen molar-refractivity contribution in [3.05, 3.63) is 65.2 Å². The van der Waals surface area contributed by atoms with Crippen LogP contribution in [-0.2, 0) is 22.0 Å². The van der Waals surface area contributed by atoms with Gasteiger partial charge in [0.05, 0.1) is 19.7 Å². The van der Waals surface area contributed by atoms with Crippen molar-refractivity contribution in [1.82, 2.24) is 14.7 Å². The monoisotopic (exact) mass is 446 g/mol.